The van der Waals surface area contributed by atoms with Gasteiger partial charge in [0.15, 0.2) is 0 Å². The lowest BCUT2D eigenvalue weighted by molar-refractivity contribution is -0.136. The van der Waals surface area contributed by atoms with Crippen LogP contribution in [0, 0.1) is 5.92 Å². The van der Waals surface area contributed by atoms with E-state index in [2.05, 4.69) is 0 Å². The summed E-state index contributed by atoms with van der Waals surface area (Å²) in [7, 11) is 0. The van der Waals surface area contributed by atoms with Gasteiger partial charge in [-0.3, -0.25) is 9.59 Å². The first kappa shape index (κ1) is 11.3. The summed E-state index contributed by atoms with van der Waals surface area (Å²) in [6.45, 7) is 3.64. The van der Waals surface area contributed by atoms with Gasteiger partial charge in [0.25, 0.3) is 0 Å². The summed E-state index contributed by atoms with van der Waals surface area (Å²) in [6, 6.07) is -0.680. The van der Waals surface area contributed by atoms with Crippen molar-refractivity contribution in [3.05, 3.63) is 0 Å². The lowest BCUT2D eigenvalue weighted by atomic mass is 9.99. The van der Waals surface area contributed by atoms with Crippen molar-refractivity contribution >= 4 is 11.6 Å². The topological polar surface area (TPSA) is 86.2 Å². The molecule has 4 N–H and O–H groups in total. The highest BCUT2D eigenvalue weighted by molar-refractivity contribution is 6.39. The summed E-state index contributed by atoms with van der Waals surface area (Å²) >= 11 is 0. The first-order valence-electron chi connectivity index (χ1n) is 4.01. The Morgan fingerprint density at radius 1 is 1.33 bits per heavy atom. The molecule has 0 aromatic heterocycles. The second kappa shape index (κ2) is 5.00. The fourth-order valence-electron chi connectivity index (χ4n) is 0.922. The normalized spacial score (nSPS) is 13.1. The Balaban J connectivity index is 4.01. The predicted molar refractivity (Wildman–Crippen MR) is 46.5 cm³/mol. The molecule has 0 unspecified atom stereocenters. The zero-order valence-corrected chi connectivity index (χ0v) is 7.54. The zero-order valence-electron chi connectivity index (χ0n) is 7.54. The molecule has 0 rings (SSSR count). The van der Waals surface area contributed by atoms with Crippen LogP contribution in [0.25, 0.3) is 0 Å². The Kier molecular flexibility index (Phi) is 4.70. The van der Waals surface area contributed by atoms with Gasteiger partial charge < -0.3 is 11.5 Å². The Labute approximate surface area is 72.3 Å². The van der Waals surface area contributed by atoms with Crippen LogP contribution in [0.1, 0.15) is 20.3 Å². The van der Waals surface area contributed by atoms with Crippen molar-refractivity contribution in [2.45, 2.75) is 26.3 Å². The Morgan fingerprint density at radius 2 is 1.83 bits per heavy atom. The molecule has 0 saturated heterocycles. The molecule has 0 spiro atoms. The number of carbonyl (C=O) groups excluding carboxylic acids is 2. The van der Waals surface area contributed by atoms with Crippen LogP contribution in [0.15, 0.2) is 0 Å². The van der Waals surface area contributed by atoms with Crippen LogP contribution in [0.3, 0.4) is 0 Å². The molecule has 0 aromatic rings. The fourth-order valence-corrected chi connectivity index (χ4v) is 0.922. The second-order valence-electron chi connectivity index (χ2n) is 3.23. The maximum atomic E-state index is 11.1. The van der Waals surface area contributed by atoms with Crippen molar-refractivity contribution in [2.24, 2.45) is 17.4 Å². The minimum Gasteiger partial charge on any atom is -0.324 e. The van der Waals surface area contributed by atoms with E-state index in [0.717, 1.165) is 0 Å². The van der Waals surface area contributed by atoms with Crippen LogP contribution >= 0.6 is 0 Å². The van der Waals surface area contributed by atoms with E-state index < -0.39 is 17.6 Å². The molecule has 0 aliphatic rings. The number of carbonyl (C=O) groups is 2. The number of Topliss-reactive ketones (excluding diaryl/α,β-unsaturated/α-hetero) is 2. The Bertz CT molecular complexity index is 178. The second-order valence-corrected chi connectivity index (χ2v) is 3.23. The number of hydrogen-bond donors (Lipinski definition) is 2. The third-order valence-electron chi connectivity index (χ3n) is 1.52. The molecule has 0 aliphatic carbocycles. The standard InChI is InChI=1S/C8H16N2O2/c1-5(2)3-6(10)8(12)7(11)4-9/h5-6H,3-4,9-10H2,1-2H3/t6-/m0/s1. The maximum Gasteiger partial charge on any atom is 0.216 e. The summed E-state index contributed by atoms with van der Waals surface area (Å²) in [6.07, 6.45) is 0.532. The highest BCUT2D eigenvalue weighted by atomic mass is 16.2. The lowest BCUT2D eigenvalue weighted by Crippen LogP contribution is -2.39. The van der Waals surface area contributed by atoms with Crippen molar-refractivity contribution in [3.63, 3.8) is 0 Å². The summed E-state index contributed by atoms with van der Waals surface area (Å²) in [5.74, 6) is -0.816. The van der Waals surface area contributed by atoms with E-state index in [1.165, 1.54) is 0 Å². The quantitative estimate of drug-likeness (QED) is 0.545. The number of nitrogens with two attached hydrogens (primary N) is 2. The van der Waals surface area contributed by atoms with Crippen LogP contribution in [-0.2, 0) is 9.59 Å². The molecule has 0 aromatic carbocycles. The van der Waals surface area contributed by atoms with E-state index in [0.29, 0.717) is 12.3 Å². The zero-order chi connectivity index (χ0) is 9.72. The van der Waals surface area contributed by atoms with Gasteiger partial charge in [-0.05, 0) is 12.3 Å². The van der Waals surface area contributed by atoms with E-state index in [4.69, 9.17) is 11.5 Å². The Morgan fingerprint density at radius 3 is 2.17 bits per heavy atom. The molecule has 0 radical (unpaired) electrons. The van der Waals surface area contributed by atoms with Crippen LogP contribution in [0.4, 0.5) is 0 Å². The van der Waals surface area contributed by atoms with E-state index >= 15 is 0 Å². The average molecular weight is 172 g/mol. The van der Waals surface area contributed by atoms with Crippen LogP contribution in [0.2, 0.25) is 0 Å². The molecule has 4 heteroatoms. The summed E-state index contributed by atoms with van der Waals surface area (Å²) < 4.78 is 0. The molecule has 0 aliphatic heterocycles. The van der Waals surface area contributed by atoms with Crippen molar-refractivity contribution in [1.82, 2.24) is 0 Å². The van der Waals surface area contributed by atoms with E-state index in [1.807, 2.05) is 13.8 Å². The van der Waals surface area contributed by atoms with Gasteiger partial charge in [-0.2, -0.15) is 0 Å². The molecule has 0 fully saturated rings. The van der Waals surface area contributed by atoms with Crippen LogP contribution in [-0.4, -0.2) is 24.2 Å². The van der Waals surface area contributed by atoms with Gasteiger partial charge >= 0.3 is 0 Å². The molecule has 12 heavy (non-hydrogen) atoms. The maximum absolute atomic E-state index is 11.1. The highest BCUT2D eigenvalue weighted by Crippen LogP contribution is 2.03. The lowest BCUT2D eigenvalue weighted by Gasteiger charge is -2.10. The molecule has 0 amide bonds. The minimum absolute atomic E-state index is 0.245. The van der Waals surface area contributed by atoms with Gasteiger partial charge in [-0.15, -0.1) is 0 Å². The molecule has 4 nitrogen and oxygen atoms in total. The van der Waals surface area contributed by atoms with E-state index in [9.17, 15) is 9.59 Å². The highest BCUT2D eigenvalue weighted by Gasteiger charge is 2.20. The molecule has 0 saturated carbocycles. The van der Waals surface area contributed by atoms with Crippen molar-refractivity contribution in [3.8, 4) is 0 Å². The fraction of sp³-hybridized carbons (Fsp3) is 0.750. The summed E-state index contributed by atoms with van der Waals surface area (Å²) in [4.78, 5) is 21.8. The number of ketones is 2. The molecule has 0 bridgehead atoms. The minimum atomic E-state index is -0.680. The van der Waals surface area contributed by atoms with Gasteiger partial charge in [0.05, 0.1) is 12.6 Å². The van der Waals surface area contributed by atoms with E-state index in [1.54, 1.807) is 0 Å². The molecular formula is C8H16N2O2. The smallest absolute Gasteiger partial charge is 0.216 e. The third kappa shape index (κ3) is 3.59. The summed E-state index contributed by atoms with van der Waals surface area (Å²) in [5, 5.41) is 0. The van der Waals surface area contributed by atoms with Crippen LogP contribution < -0.4 is 11.5 Å². The molecule has 0 heterocycles. The van der Waals surface area contributed by atoms with Gasteiger partial charge in [0.1, 0.15) is 0 Å². The number of rotatable bonds is 5. The van der Waals surface area contributed by atoms with Crippen molar-refractivity contribution in [1.29, 1.82) is 0 Å². The SMILES string of the molecule is CC(C)C[C@H](N)C(=O)C(=O)CN. The van der Waals surface area contributed by atoms with Crippen molar-refractivity contribution in [2.75, 3.05) is 6.54 Å². The molecule has 1 atom stereocenters. The average Bonchev–Trinajstić information content (AvgIpc) is 2.00. The van der Waals surface area contributed by atoms with Gasteiger partial charge in [-0.25, -0.2) is 0 Å². The van der Waals surface area contributed by atoms with Gasteiger partial charge in [0, 0.05) is 0 Å². The summed E-state index contributed by atoms with van der Waals surface area (Å²) in [5.41, 5.74) is 10.5. The van der Waals surface area contributed by atoms with E-state index in [-0.39, 0.29) is 6.54 Å². The number of hydrogen-bond acceptors (Lipinski definition) is 4. The molecule has 70 valence electrons. The van der Waals surface area contributed by atoms with Gasteiger partial charge in [-0.1, -0.05) is 13.8 Å². The monoisotopic (exact) mass is 172 g/mol. The van der Waals surface area contributed by atoms with Crippen molar-refractivity contribution < 1.29 is 9.59 Å². The molecular weight excluding hydrogens is 156 g/mol. The first-order valence-corrected chi connectivity index (χ1v) is 4.01. The predicted octanol–water partition coefficient (Wildman–Crippen LogP) is -0.543. The largest absolute Gasteiger partial charge is 0.324 e. The van der Waals surface area contributed by atoms with Gasteiger partial charge in [0.2, 0.25) is 11.6 Å². The third-order valence-corrected chi connectivity index (χ3v) is 1.52. The first-order chi connectivity index (χ1) is 5.49. The van der Waals surface area contributed by atoms with Crippen LogP contribution in [0.5, 0.6) is 0 Å². The Hall–Kier alpha value is -0.740.